The van der Waals surface area contributed by atoms with Gasteiger partial charge in [0, 0.05) is 31.1 Å². The second-order valence-corrected chi connectivity index (χ2v) is 7.62. The second kappa shape index (κ2) is 6.99. The molecule has 26 heavy (non-hydrogen) atoms. The molecule has 3 heterocycles. The van der Waals surface area contributed by atoms with Crippen molar-refractivity contribution in [3.05, 3.63) is 52.9 Å². The van der Waals surface area contributed by atoms with E-state index in [1.165, 1.54) is 10.9 Å². The topological polar surface area (TPSA) is 49.3 Å². The molecule has 2 aromatic heterocycles. The molecular weight excluding hydrogens is 351 g/mol. The molecule has 0 unspecified atom stereocenters. The molecule has 1 aliphatic heterocycles. The summed E-state index contributed by atoms with van der Waals surface area (Å²) in [7, 11) is 0. The Kier molecular flexibility index (Phi) is 4.55. The van der Waals surface area contributed by atoms with Gasteiger partial charge in [-0.3, -0.25) is 4.79 Å². The molecule has 0 spiro atoms. The first-order valence-corrected chi connectivity index (χ1v) is 9.45. The monoisotopic (exact) mass is 370 g/mol. The summed E-state index contributed by atoms with van der Waals surface area (Å²) >= 11 is 1.66. The highest BCUT2D eigenvalue weighted by Crippen LogP contribution is 2.30. The predicted octanol–water partition coefficient (Wildman–Crippen LogP) is 3.49. The van der Waals surface area contributed by atoms with Crippen molar-refractivity contribution in [2.24, 2.45) is 0 Å². The van der Waals surface area contributed by atoms with Crippen molar-refractivity contribution in [3.8, 4) is 0 Å². The standard InChI is InChI=1S/C19H19FN4OS/c1-13-11-15-17(21-12-22-18(15)26-13)23-7-4-8-24(10-9-23)19(25)14-5-2-3-6-16(14)20/h2-3,5-6,11-12H,4,7-10H2,1H3. The van der Waals surface area contributed by atoms with E-state index in [4.69, 9.17) is 0 Å². The van der Waals surface area contributed by atoms with Crippen molar-refractivity contribution in [2.75, 3.05) is 31.1 Å². The number of thiophene rings is 1. The highest BCUT2D eigenvalue weighted by molar-refractivity contribution is 7.18. The third-order valence-corrected chi connectivity index (χ3v) is 5.58. The normalized spacial score (nSPS) is 15.3. The van der Waals surface area contributed by atoms with Gasteiger partial charge in [-0.15, -0.1) is 11.3 Å². The number of carbonyl (C=O) groups is 1. The Morgan fingerprint density at radius 1 is 1.15 bits per heavy atom. The lowest BCUT2D eigenvalue weighted by molar-refractivity contribution is 0.0762. The first-order chi connectivity index (χ1) is 12.6. The van der Waals surface area contributed by atoms with Crippen LogP contribution in [0, 0.1) is 12.7 Å². The Morgan fingerprint density at radius 2 is 2.00 bits per heavy atom. The highest BCUT2D eigenvalue weighted by atomic mass is 32.1. The molecule has 1 saturated heterocycles. The number of aryl methyl sites for hydroxylation is 1. The molecule has 0 radical (unpaired) electrons. The van der Waals surface area contributed by atoms with Crippen molar-refractivity contribution >= 4 is 33.3 Å². The quantitative estimate of drug-likeness (QED) is 0.693. The Bertz CT molecular complexity index is 958. The molecule has 1 aromatic carbocycles. The van der Waals surface area contributed by atoms with Gasteiger partial charge in [-0.1, -0.05) is 12.1 Å². The Hall–Kier alpha value is -2.54. The third-order valence-electron chi connectivity index (χ3n) is 4.62. The average molecular weight is 370 g/mol. The van der Waals surface area contributed by atoms with Crippen LogP contribution in [0.25, 0.3) is 10.2 Å². The summed E-state index contributed by atoms with van der Waals surface area (Å²) in [5.74, 6) is 0.202. The first kappa shape index (κ1) is 16.9. The van der Waals surface area contributed by atoms with Crippen LogP contribution in [0.3, 0.4) is 0 Å². The summed E-state index contributed by atoms with van der Waals surface area (Å²) < 4.78 is 13.9. The van der Waals surface area contributed by atoms with Gasteiger partial charge in [0.05, 0.1) is 10.9 Å². The van der Waals surface area contributed by atoms with Crippen LogP contribution in [0.5, 0.6) is 0 Å². The number of hydrogen-bond acceptors (Lipinski definition) is 5. The van der Waals surface area contributed by atoms with Gasteiger partial charge in [0.25, 0.3) is 5.91 Å². The largest absolute Gasteiger partial charge is 0.354 e. The Labute approximate surface area is 155 Å². The van der Waals surface area contributed by atoms with E-state index in [9.17, 15) is 9.18 Å². The van der Waals surface area contributed by atoms with E-state index >= 15 is 0 Å². The van der Waals surface area contributed by atoms with Crippen molar-refractivity contribution < 1.29 is 9.18 Å². The maximum Gasteiger partial charge on any atom is 0.256 e. The van der Waals surface area contributed by atoms with Gasteiger partial charge in [0.15, 0.2) is 0 Å². The molecule has 3 aromatic rings. The number of anilines is 1. The molecule has 134 valence electrons. The number of rotatable bonds is 2. The van der Waals surface area contributed by atoms with Crippen LogP contribution in [-0.2, 0) is 0 Å². The molecular formula is C19H19FN4OS. The molecule has 4 rings (SSSR count). The zero-order valence-electron chi connectivity index (χ0n) is 14.5. The predicted molar refractivity (Wildman–Crippen MR) is 101 cm³/mol. The van der Waals surface area contributed by atoms with E-state index in [0.29, 0.717) is 19.6 Å². The average Bonchev–Trinajstić information content (AvgIpc) is 2.86. The number of benzene rings is 1. The smallest absolute Gasteiger partial charge is 0.256 e. The van der Waals surface area contributed by atoms with Gasteiger partial charge in [-0.05, 0) is 31.5 Å². The number of nitrogens with zero attached hydrogens (tertiary/aromatic N) is 4. The second-order valence-electron chi connectivity index (χ2n) is 6.39. The highest BCUT2D eigenvalue weighted by Gasteiger charge is 2.23. The number of aromatic nitrogens is 2. The fourth-order valence-corrected chi connectivity index (χ4v) is 4.19. The fourth-order valence-electron chi connectivity index (χ4n) is 3.35. The first-order valence-electron chi connectivity index (χ1n) is 8.63. The lowest BCUT2D eigenvalue weighted by Crippen LogP contribution is -2.35. The van der Waals surface area contributed by atoms with E-state index in [-0.39, 0.29) is 11.5 Å². The van der Waals surface area contributed by atoms with Crippen molar-refractivity contribution in [1.82, 2.24) is 14.9 Å². The summed E-state index contributed by atoms with van der Waals surface area (Å²) in [6.07, 6.45) is 2.41. The van der Waals surface area contributed by atoms with Crippen LogP contribution in [0.1, 0.15) is 21.7 Å². The molecule has 1 fully saturated rings. The zero-order chi connectivity index (χ0) is 18.1. The maximum atomic E-state index is 13.9. The molecule has 0 atom stereocenters. The lowest BCUT2D eigenvalue weighted by atomic mass is 10.2. The number of fused-ring (bicyclic) bond motifs is 1. The number of amides is 1. The van der Waals surface area contributed by atoms with Gasteiger partial charge >= 0.3 is 0 Å². The number of carbonyl (C=O) groups excluding carboxylic acids is 1. The molecule has 7 heteroatoms. The van der Waals surface area contributed by atoms with E-state index in [0.717, 1.165) is 29.0 Å². The third kappa shape index (κ3) is 3.14. The van der Waals surface area contributed by atoms with Crippen LogP contribution < -0.4 is 4.90 Å². The van der Waals surface area contributed by atoms with Crippen molar-refractivity contribution in [2.45, 2.75) is 13.3 Å². The minimum absolute atomic E-state index is 0.138. The Balaban J connectivity index is 1.55. The molecule has 1 aliphatic rings. The van der Waals surface area contributed by atoms with Crippen LogP contribution in [-0.4, -0.2) is 47.0 Å². The van der Waals surface area contributed by atoms with Crippen molar-refractivity contribution in [1.29, 1.82) is 0 Å². The van der Waals surface area contributed by atoms with Crippen LogP contribution >= 0.6 is 11.3 Å². The van der Waals surface area contributed by atoms with E-state index in [1.807, 2.05) is 0 Å². The zero-order valence-corrected chi connectivity index (χ0v) is 15.3. The van der Waals surface area contributed by atoms with Crippen molar-refractivity contribution in [3.63, 3.8) is 0 Å². The van der Waals surface area contributed by atoms with Gasteiger partial charge in [0.2, 0.25) is 0 Å². The van der Waals surface area contributed by atoms with E-state index in [2.05, 4.69) is 27.9 Å². The number of hydrogen-bond donors (Lipinski definition) is 0. The summed E-state index contributed by atoms with van der Waals surface area (Å²) in [5, 5.41) is 1.06. The summed E-state index contributed by atoms with van der Waals surface area (Å²) in [5.41, 5.74) is 0.138. The molecule has 1 amide bonds. The molecule has 0 bridgehead atoms. The van der Waals surface area contributed by atoms with Crippen LogP contribution in [0.2, 0.25) is 0 Å². The van der Waals surface area contributed by atoms with Gasteiger partial charge < -0.3 is 9.80 Å². The summed E-state index contributed by atoms with van der Waals surface area (Å²) in [6.45, 7) is 4.69. The molecule has 5 nitrogen and oxygen atoms in total. The SMILES string of the molecule is Cc1cc2c(N3CCCN(C(=O)c4ccccc4F)CC3)ncnc2s1. The van der Waals surface area contributed by atoms with Gasteiger partial charge in [-0.25, -0.2) is 14.4 Å². The molecule has 0 saturated carbocycles. The summed E-state index contributed by atoms with van der Waals surface area (Å²) in [4.78, 5) is 27.6. The van der Waals surface area contributed by atoms with Crippen LogP contribution in [0.15, 0.2) is 36.7 Å². The van der Waals surface area contributed by atoms with Crippen LogP contribution in [0.4, 0.5) is 10.2 Å². The van der Waals surface area contributed by atoms with Gasteiger partial charge in [0.1, 0.15) is 22.8 Å². The van der Waals surface area contributed by atoms with E-state index < -0.39 is 5.82 Å². The maximum absolute atomic E-state index is 13.9. The molecule has 0 aliphatic carbocycles. The summed E-state index contributed by atoms with van der Waals surface area (Å²) in [6, 6.07) is 8.27. The lowest BCUT2D eigenvalue weighted by Gasteiger charge is -2.23. The minimum Gasteiger partial charge on any atom is -0.354 e. The molecule has 0 N–H and O–H groups in total. The Morgan fingerprint density at radius 3 is 2.85 bits per heavy atom. The van der Waals surface area contributed by atoms with Gasteiger partial charge in [-0.2, -0.15) is 0 Å². The fraction of sp³-hybridized carbons (Fsp3) is 0.316. The number of halogens is 1. The van der Waals surface area contributed by atoms with E-state index in [1.54, 1.807) is 40.8 Å². The minimum atomic E-state index is -0.468.